The van der Waals surface area contributed by atoms with Crippen LogP contribution in [0.25, 0.3) is 0 Å². The topological polar surface area (TPSA) is 0 Å². The van der Waals surface area contributed by atoms with Gasteiger partial charge in [-0.3, -0.25) is 0 Å². The lowest BCUT2D eigenvalue weighted by Crippen LogP contribution is -1.86. The molecule has 0 aliphatic heterocycles. The molecule has 0 atom stereocenters. The van der Waals surface area contributed by atoms with E-state index in [1.807, 2.05) is 0 Å². The normalized spacial score (nSPS) is 11.5. The van der Waals surface area contributed by atoms with Gasteiger partial charge in [-0.15, -0.1) is 0 Å². The molecule has 0 aliphatic carbocycles. The first-order valence-electron chi connectivity index (χ1n) is 21.5. The van der Waals surface area contributed by atoms with E-state index >= 15 is 0 Å². The second-order valence-electron chi connectivity index (χ2n) is 15.0. The third-order valence-corrected chi connectivity index (χ3v) is 10.4. The van der Waals surface area contributed by atoms with E-state index in [0.29, 0.717) is 0 Å². The van der Waals surface area contributed by atoms with E-state index in [0.717, 1.165) is 0 Å². The number of unbranched alkanes of at least 4 members (excludes halogenated alkanes) is 36. The zero-order chi connectivity index (χ0) is 32.0. The van der Waals surface area contributed by atoms with Crippen LogP contribution in [-0.2, 0) is 6.42 Å². The van der Waals surface area contributed by atoms with Crippen LogP contribution in [0.1, 0.15) is 250 Å². The fraction of sp³-hybridized carbons (Fsp3) is 0.867. The van der Waals surface area contributed by atoms with E-state index in [-0.39, 0.29) is 0 Å². The zero-order valence-electron chi connectivity index (χ0n) is 31.3. The van der Waals surface area contributed by atoms with Gasteiger partial charge in [-0.25, -0.2) is 0 Å². The van der Waals surface area contributed by atoms with E-state index in [9.17, 15) is 0 Å². The molecule has 0 nitrogen and oxygen atoms in total. The summed E-state index contributed by atoms with van der Waals surface area (Å²) in [5.74, 6) is 0. The van der Waals surface area contributed by atoms with Crippen molar-refractivity contribution in [3.8, 4) is 0 Å². The number of hydrogen-bond acceptors (Lipinski definition) is 0. The van der Waals surface area contributed by atoms with E-state index in [1.54, 1.807) is 0 Å². The molecule has 0 unspecified atom stereocenters. The van der Waals surface area contributed by atoms with Crippen molar-refractivity contribution in [2.75, 3.05) is 0 Å². The number of rotatable bonds is 38. The first-order chi connectivity index (χ1) is 22.4. The summed E-state index contributed by atoms with van der Waals surface area (Å²) in [6.07, 6.45) is 55.9. The van der Waals surface area contributed by atoms with Crippen LogP contribution >= 0.6 is 0 Å². The molecule has 0 radical (unpaired) electrons. The van der Waals surface area contributed by atoms with Crippen molar-refractivity contribution in [2.24, 2.45) is 0 Å². The highest BCUT2D eigenvalue weighted by Gasteiger charge is 1.98. The quantitative estimate of drug-likeness (QED) is 0.0642. The van der Waals surface area contributed by atoms with Crippen molar-refractivity contribution >= 4 is 0 Å². The van der Waals surface area contributed by atoms with Crippen LogP contribution in [0.4, 0.5) is 0 Å². The van der Waals surface area contributed by atoms with Gasteiger partial charge >= 0.3 is 0 Å². The monoisotopic (exact) mass is 625 g/mol. The number of aryl methyl sites for hydroxylation is 1. The number of benzene rings is 1. The van der Waals surface area contributed by atoms with E-state index in [1.165, 1.54) is 250 Å². The average molecular weight is 625 g/mol. The van der Waals surface area contributed by atoms with E-state index in [4.69, 9.17) is 0 Å². The Hall–Kier alpha value is -0.780. The Balaban J connectivity index is 1.61. The maximum absolute atomic E-state index is 2.31. The third-order valence-electron chi connectivity index (χ3n) is 10.4. The van der Waals surface area contributed by atoms with Gasteiger partial charge in [0.2, 0.25) is 0 Å². The molecule has 45 heavy (non-hydrogen) atoms. The molecule has 0 spiro atoms. The van der Waals surface area contributed by atoms with Crippen molar-refractivity contribution in [3.05, 3.63) is 35.9 Å². The van der Waals surface area contributed by atoms with Gasteiger partial charge in [0.05, 0.1) is 0 Å². The van der Waals surface area contributed by atoms with Crippen LogP contribution < -0.4 is 0 Å². The standard InChI is InChI=1S/C45H84/c1-2-3-4-5-6-7-8-9-10-11-12-13-14-15-16-17-18-19-20-21-22-23-24-25-26-27-28-29-30-31-32-33-34-35-36-37-39-42-45-43-40-38-41-44-45/h38,40-41,43-44H,2-37,39,42H2,1H3. The van der Waals surface area contributed by atoms with Crippen LogP contribution in [0.5, 0.6) is 0 Å². The summed E-state index contributed by atoms with van der Waals surface area (Å²) in [6, 6.07) is 11.0. The van der Waals surface area contributed by atoms with Gasteiger partial charge in [0.15, 0.2) is 0 Å². The van der Waals surface area contributed by atoms with Crippen molar-refractivity contribution in [1.29, 1.82) is 0 Å². The fourth-order valence-corrected chi connectivity index (χ4v) is 7.23. The molecule has 0 aliphatic rings. The third kappa shape index (κ3) is 34.4. The van der Waals surface area contributed by atoms with Crippen LogP contribution in [-0.4, -0.2) is 0 Å². The van der Waals surface area contributed by atoms with Gasteiger partial charge in [0.25, 0.3) is 0 Å². The summed E-state index contributed by atoms with van der Waals surface area (Å²) < 4.78 is 0. The first-order valence-corrected chi connectivity index (χ1v) is 21.5. The first kappa shape index (κ1) is 42.2. The Morgan fingerprint density at radius 1 is 0.244 bits per heavy atom. The Bertz CT molecular complexity index is 633. The smallest absolute Gasteiger partial charge is 0.0279 e. The molecule has 1 rings (SSSR count). The lowest BCUT2D eigenvalue weighted by molar-refractivity contribution is 0.510. The lowest BCUT2D eigenvalue weighted by Gasteiger charge is -2.05. The van der Waals surface area contributed by atoms with Crippen molar-refractivity contribution < 1.29 is 0 Å². The molecule has 0 saturated heterocycles. The maximum Gasteiger partial charge on any atom is -0.0279 e. The van der Waals surface area contributed by atoms with Crippen LogP contribution in [0.3, 0.4) is 0 Å². The van der Waals surface area contributed by atoms with E-state index in [2.05, 4.69) is 37.3 Å². The predicted octanol–water partition coefficient (Wildman–Crippen LogP) is 16.7. The molecule has 1 aromatic carbocycles. The van der Waals surface area contributed by atoms with Gasteiger partial charge in [-0.05, 0) is 18.4 Å². The van der Waals surface area contributed by atoms with Gasteiger partial charge in [0.1, 0.15) is 0 Å². The molecule has 0 N–H and O–H groups in total. The summed E-state index contributed by atoms with van der Waals surface area (Å²) >= 11 is 0. The summed E-state index contributed by atoms with van der Waals surface area (Å²) in [5.41, 5.74) is 1.51. The van der Waals surface area contributed by atoms with E-state index < -0.39 is 0 Å². The average Bonchev–Trinajstić information content (AvgIpc) is 3.06. The minimum atomic E-state index is 1.26. The largest absolute Gasteiger partial charge is 0.0654 e. The molecule has 0 heterocycles. The SMILES string of the molecule is CCCCCCCCCCCCCCCCCCCCCCCCCCCCCCCCCCCCCCCc1ccccc1. The second kappa shape index (κ2) is 37.7. The highest BCUT2D eigenvalue weighted by molar-refractivity contribution is 5.14. The molecule has 0 bridgehead atoms. The molecule has 0 saturated carbocycles. The van der Waals surface area contributed by atoms with Crippen LogP contribution in [0, 0.1) is 0 Å². The number of hydrogen-bond donors (Lipinski definition) is 0. The maximum atomic E-state index is 2.31. The van der Waals surface area contributed by atoms with Crippen molar-refractivity contribution in [2.45, 2.75) is 251 Å². The highest BCUT2D eigenvalue weighted by atomic mass is 14.0. The summed E-state index contributed by atoms with van der Waals surface area (Å²) in [7, 11) is 0. The lowest BCUT2D eigenvalue weighted by atomic mass is 10.0. The van der Waals surface area contributed by atoms with Gasteiger partial charge in [-0.2, -0.15) is 0 Å². The molecule has 0 fully saturated rings. The fourth-order valence-electron chi connectivity index (χ4n) is 7.23. The van der Waals surface area contributed by atoms with Gasteiger partial charge < -0.3 is 0 Å². The summed E-state index contributed by atoms with van der Waals surface area (Å²) in [6.45, 7) is 2.31. The molecular weight excluding hydrogens is 540 g/mol. The van der Waals surface area contributed by atoms with Gasteiger partial charge in [0, 0.05) is 0 Å². The van der Waals surface area contributed by atoms with Crippen LogP contribution in [0.2, 0.25) is 0 Å². The summed E-state index contributed by atoms with van der Waals surface area (Å²) in [5, 5.41) is 0. The molecule has 0 amide bonds. The predicted molar refractivity (Wildman–Crippen MR) is 207 cm³/mol. The Morgan fingerprint density at radius 2 is 0.444 bits per heavy atom. The minimum absolute atomic E-state index is 1.26. The molecular formula is C45H84. The molecule has 0 aromatic heterocycles. The Morgan fingerprint density at radius 3 is 0.667 bits per heavy atom. The summed E-state index contributed by atoms with van der Waals surface area (Å²) in [4.78, 5) is 0. The van der Waals surface area contributed by atoms with Gasteiger partial charge in [-0.1, -0.05) is 268 Å². The van der Waals surface area contributed by atoms with Crippen LogP contribution in [0.15, 0.2) is 30.3 Å². The van der Waals surface area contributed by atoms with Crippen molar-refractivity contribution in [1.82, 2.24) is 0 Å². The molecule has 0 heteroatoms. The van der Waals surface area contributed by atoms with Crippen molar-refractivity contribution in [3.63, 3.8) is 0 Å². The Labute approximate surface area is 286 Å². The zero-order valence-corrected chi connectivity index (χ0v) is 31.3. The minimum Gasteiger partial charge on any atom is -0.0654 e. The molecule has 1 aromatic rings. The molecule has 264 valence electrons. The second-order valence-corrected chi connectivity index (χ2v) is 15.0. The highest BCUT2D eigenvalue weighted by Crippen LogP contribution is 2.17. The Kier molecular flexibility index (Phi) is 35.4.